The highest BCUT2D eigenvalue weighted by Gasteiger charge is 2.20. The van der Waals surface area contributed by atoms with Crippen LogP contribution in [0, 0.1) is 0 Å². The van der Waals surface area contributed by atoms with E-state index >= 15 is 0 Å². The molecule has 1 atom stereocenters. The third-order valence-corrected chi connectivity index (χ3v) is 2.47. The number of aromatic hydroxyl groups is 1. The summed E-state index contributed by atoms with van der Waals surface area (Å²) in [7, 11) is 2.98. The maximum Gasteiger partial charge on any atom is 0.167 e. The monoisotopic (exact) mass is 231 g/mol. The molecule has 4 nitrogen and oxygen atoms in total. The minimum absolute atomic E-state index is 0.0679. The van der Waals surface area contributed by atoms with Gasteiger partial charge in [-0.25, -0.2) is 0 Å². The summed E-state index contributed by atoms with van der Waals surface area (Å²) in [4.78, 5) is 0. The van der Waals surface area contributed by atoms with E-state index < -0.39 is 0 Å². The summed E-state index contributed by atoms with van der Waals surface area (Å²) in [5, 5.41) is 9.75. The second-order valence-corrected chi connectivity index (χ2v) is 3.53. The van der Waals surface area contributed by atoms with E-state index in [0.29, 0.717) is 17.1 Å². The zero-order chi connectivity index (χ0) is 11.6. The first-order valence-corrected chi connectivity index (χ1v) is 4.79. The van der Waals surface area contributed by atoms with Crippen molar-refractivity contribution in [1.29, 1.82) is 0 Å². The molecule has 1 unspecified atom stereocenters. The molecular weight excluding hydrogens is 218 g/mol. The summed E-state index contributed by atoms with van der Waals surface area (Å²) >= 11 is 5.94. The van der Waals surface area contributed by atoms with Crippen molar-refractivity contribution in [2.45, 2.75) is 13.0 Å². The number of hydrogen-bond donors (Lipinski definition) is 2. The number of ether oxygens (including phenoxy) is 2. The molecule has 0 heterocycles. The average molecular weight is 232 g/mol. The summed E-state index contributed by atoms with van der Waals surface area (Å²) in [6.07, 6.45) is 0. The molecule has 5 heteroatoms. The van der Waals surface area contributed by atoms with Crippen molar-refractivity contribution in [2.75, 3.05) is 14.2 Å². The van der Waals surface area contributed by atoms with E-state index in [0.717, 1.165) is 0 Å². The molecule has 1 aromatic carbocycles. The van der Waals surface area contributed by atoms with Crippen LogP contribution in [0.25, 0.3) is 0 Å². The summed E-state index contributed by atoms with van der Waals surface area (Å²) in [5.41, 5.74) is 6.29. The Bertz CT molecular complexity index is 366. The van der Waals surface area contributed by atoms with Crippen LogP contribution < -0.4 is 15.2 Å². The Labute approximate surface area is 93.6 Å². The second kappa shape index (κ2) is 4.59. The molecule has 0 aliphatic carbocycles. The lowest BCUT2D eigenvalue weighted by Crippen LogP contribution is -2.08. The van der Waals surface area contributed by atoms with Crippen molar-refractivity contribution in [3.8, 4) is 17.2 Å². The quantitative estimate of drug-likeness (QED) is 0.836. The molecule has 0 bridgehead atoms. The van der Waals surface area contributed by atoms with Gasteiger partial charge in [0.1, 0.15) is 5.75 Å². The number of hydrogen-bond acceptors (Lipinski definition) is 4. The number of phenols is 1. The first-order valence-electron chi connectivity index (χ1n) is 4.41. The van der Waals surface area contributed by atoms with Crippen molar-refractivity contribution in [3.63, 3.8) is 0 Å². The van der Waals surface area contributed by atoms with Crippen molar-refractivity contribution in [2.24, 2.45) is 5.73 Å². The highest BCUT2D eigenvalue weighted by Crippen LogP contribution is 2.44. The Hall–Kier alpha value is -1.13. The maximum atomic E-state index is 9.56. The second-order valence-electron chi connectivity index (χ2n) is 3.15. The molecule has 0 radical (unpaired) electrons. The number of methoxy groups -OCH3 is 2. The Balaban J connectivity index is 3.49. The van der Waals surface area contributed by atoms with Gasteiger partial charge in [-0.3, -0.25) is 0 Å². The minimum atomic E-state index is -0.353. The van der Waals surface area contributed by atoms with Gasteiger partial charge in [0.2, 0.25) is 0 Å². The van der Waals surface area contributed by atoms with Crippen LogP contribution in [0.1, 0.15) is 18.5 Å². The minimum Gasteiger partial charge on any atom is -0.506 e. The highest BCUT2D eigenvalue weighted by atomic mass is 35.5. The van der Waals surface area contributed by atoms with E-state index in [-0.39, 0.29) is 16.8 Å². The number of benzene rings is 1. The van der Waals surface area contributed by atoms with E-state index in [1.807, 2.05) is 0 Å². The lowest BCUT2D eigenvalue weighted by atomic mass is 10.1. The summed E-state index contributed by atoms with van der Waals surface area (Å²) in [6, 6.07) is 1.04. The predicted octanol–water partition coefficient (Wildman–Crippen LogP) is 2.08. The first kappa shape index (κ1) is 11.9. The van der Waals surface area contributed by atoms with Gasteiger partial charge in [-0.1, -0.05) is 11.6 Å². The molecule has 0 saturated carbocycles. The highest BCUT2D eigenvalue weighted by molar-refractivity contribution is 6.33. The Morgan fingerprint density at radius 2 is 2.00 bits per heavy atom. The molecule has 0 aromatic heterocycles. The van der Waals surface area contributed by atoms with Crippen LogP contribution in [-0.4, -0.2) is 19.3 Å². The van der Waals surface area contributed by atoms with Gasteiger partial charge in [0.25, 0.3) is 0 Å². The Kier molecular flexibility index (Phi) is 3.66. The van der Waals surface area contributed by atoms with E-state index in [1.165, 1.54) is 20.3 Å². The third-order valence-electron chi connectivity index (χ3n) is 2.08. The van der Waals surface area contributed by atoms with Crippen LogP contribution in [-0.2, 0) is 0 Å². The van der Waals surface area contributed by atoms with E-state index in [9.17, 15) is 5.11 Å². The van der Waals surface area contributed by atoms with E-state index in [1.54, 1.807) is 6.92 Å². The first-order chi connectivity index (χ1) is 7.02. The van der Waals surface area contributed by atoms with Crippen LogP contribution in [0.4, 0.5) is 0 Å². The van der Waals surface area contributed by atoms with Gasteiger partial charge < -0.3 is 20.3 Å². The Morgan fingerprint density at radius 3 is 2.40 bits per heavy atom. The molecule has 1 aromatic rings. The number of rotatable bonds is 3. The van der Waals surface area contributed by atoms with Gasteiger partial charge in [-0.2, -0.15) is 0 Å². The maximum absolute atomic E-state index is 9.56. The lowest BCUT2D eigenvalue weighted by molar-refractivity contribution is 0.346. The summed E-state index contributed by atoms with van der Waals surface area (Å²) < 4.78 is 10.2. The molecule has 84 valence electrons. The molecule has 0 amide bonds. The van der Waals surface area contributed by atoms with Crippen LogP contribution in [0.15, 0.2) is 6.07 Å². The molecule has 0 saturated heterocycles. The van der Waals surface area contributed by atoms with Crippen LogP contribution >= 0.6 is 11.6 Å². The zero-order valence-corrected chi connectivity index (χ0v) is 9.63. The topological polar surface area (TPSA) is 64.7 Å². The van der Waals surface area contributed by atoms with Crippen LogP contribution in [0.2, 0.25) is 5.02 Å². The van der Waals surface area contributed by atoms with Gasteiger partial charge in [0, 0.05) is 17.7 Å². The normalized spacial score (nSPS) is 12.3. The number of phenolic OH excluding ortho intramolecular Hbond substituents is 1. The fourth-order valence-electron chi connectivity index (χ4n) is 1.39. The molecule has 0 spiro atoms. The molecule has 0 aliphatic rings. The van der Waals surface area contributed by atoms with Crippen molar-refractivity contribution in [3.05, 3.63) is 16.7 Å². The number of halogens is 1. The Morgan fingerprint density at radius 1 is 1.40 bits per heavy atom. The molecule has 0 aliphatic heterocycles. The molecular formula is C10H14ClNO3. The van der Waals surface area contributed by atoms with Gasteiger partial charge in [0.15, 0.2) is 11.5 Å². The van der Waals surface area contributed by atoms with Gasteiger partial charge in [0.05, 0.1) is 19.2 Å². The molecule has 1 rings (SSSR count). The van der Waals surface area contributed by atoms with Gasteiger partial charge in [-0.05, 0) is 6.92 Å². The largest absolute Gasteiger partial charge is 0.506 e. The third kappa shape index (κ3) is 2.11. The molecule has 3 N–H and O–H groups in total. The molecule has 15 heavy (non-hydrogen) atoms. The summed E-state index contributed by atoms with van der Waals surface area (Å²) in [6.45, 7) is 1.75. The number of nitrogens with two attached hydrogens (primary N) is 1. The van der Waals surface area contributed by atoms with Gasteiger partial charge in [-0.15, -0.1) is 0 Å². The van der Waals surface area contributed by atoms with Crippen LogP contribution in [0.3, 0.4) is 0 Å². The van der Waals surface area contributed by atoms with E-state index in [2.05, 4.69) is 0 Å². The van der Waals surface area contributed by atoms with Crippen LogP contribution in [0.5, 0.6) is 17.2 Å². The standard InChI is InChI=1S/C10H14ClNO3/c1-5(12)8-9(11)6(13)4-7(14-2)10(8)15-3/h4-5,13H,12H2,1-3H3. The van der Waals surface area contributed by atoms with Crippen molar-refractivity contribution < 1.29 is 14.6 Å². The fourth-order valence-corrected chi connectivity index (χ4v) is 1.70. The SMILES string of the molecule is COc1cc(O)c(Cl)c(C(C)N)c1OC. The zero-order valence-electron chi connectivity index (χ0n) is 8.87. The van der Waals surface area contributed by atoms with E-state index in [4.69, 9.17) is 26.8 Å². The lowest BCUT2D eigenvalue weighted by Gasteiger charge is -2.17. The van der Waals surface area contributed by atoms with Gasteiger partial charge >= 0.3 is 0 Å². The summed E-state index contributed by atoms with van der Waals surface area (Å²) in [5.74, 6) is 0.795. The fraction of sp³-hybridized carbons (Fsp3) is 0.400. The average Bonchev–Trinajstić information content (AvgIpc) is 2.20. The molecule has 0 fully saturated rings. The smallest absolute Gasteiger partial charge is 0.167 e. The predicted molar refractivity (Wildman–Crippen MR) is 58.8 cm³/mol. The van der Waals surface area contributed by atoms with Crippen molar-refractivity contribution >= 4 is 11.6 Å². The van der Waals surface area contributed by atoms with Crippen molar-refractivity contribution in [1.82, 2.24) is 0 Å².